The Labute approximate surface area is 190 Å². The van der Waals surface area contributed by atoms with Gasteiger partial charge in [-0.1, -0.05) is 35.4 Å². The van der Waals surface area contributed by atoms with Crippen molar-refractivity contribution in [2.75, 3.05) is 13.1 Å². The largest absolute Gasteiger partial charge is 0.316 e. The summed E-state index contributed by atoms with van der Waals surface area (Å²) in [6.07, 6.45) is 2.82. The topological polar surface area (TPSA) is 71.7 Å². The molecule has 1 aliphatic rings. The molecule has 1 aromatic heterocycles. The molecule has 1 aliphatic heterocycles. The number of aryl methyl sites for hydroxylation is 2. The molecule has 0 saturated carbocycles. The van der Waals surface area contributed by atoms with Crippen LogP contribution in [0.2, 0.25) is 5.02 Å². The quantitative estimate of drug-likeness (QED) is 0.551. The predicted octanol–water partition coefficient (Wildman–Crippen LogP) is 4.60. The van der Waals surface area contributed by atoms with Gasteiger partial charge in [0, 0.05) is 25.2 Å². The van der Waals surface area contributed by atoms with Crippen LogP contribution in [0.3, 0.4) is 0 Å². The molecule has 164 valence electrons. The number of rotatable bonds is 4. The lowest BCUT2D eigenvalue weighted by Gasteiger charge is -2.25. The number of thiazole rings is 1. The maximum Gasteiger partial charge on any atom is 0.279 e. The van der Waals surface area contributed by atoms with E-state index in [9.17, 15) is 13.2 Å². The van der Waals surface area contributed by atoms with E-state index < -0.39 is 15.9 Å². The molecule has 0 N–H and O–H groups in total. The fourth-order valence-electron chi connectivity index (χ4n) is 3.87. The summed E-state index contributed by atoms with van der Waals surface area (Å²) in [5.41, 5.74) is 2.40. The molecule has 1 saturated heterocycles. The molecule has 1 amide bonds. The number of nitrogens with zero attached hydrogens (tertiary/aromatic N) is 3. The smallest absolute Gasteiger partial charge is 0.279 e. The fraction of sp³-hybridized carbons (Fsp3) is 0.364. The Kier molecular flexibility index (Phi) is 6.35. The van der Waals surface area contributed by atoms with Gasteiger partial charge in [-0.25, -0.2) is 8.42 Å². The van der Waals surface area contributed by atoms with Crippen LogP contribution in [0.15, 0.2) is 46.3 Å². The maximum atomic E-state index is 12.8. The van der Waals surface area contributed by atoms with Crippen molar-refractivity contribution in [3.8, 4) is 0 Å². The summed E-state index contributed by atoms with van der Waals surface area (Å²) in [5, 5.41) is 0.633. The number of hydrogen-bond donors (Lipinski definition) is 0. The van der Waals surface area contributed by atoms with E-state index in [0.717, 1.165) is 35.0 Å². The monoisotopic (exact) mass is 477 g/mol. The number of aromatic nitrogens is 1. The van der Waals surface area contributed by atoms with Crippen LogP contribution in [0, 0.1) is 6.92 Å². The number of hydrogen-bond acceptors (Lipinski definition) is 4. The second kappa shape index (κ2) is 8.86. The molecule has 9 heteroatoms. The molecule has 0 atom stereocenters. The summed E-state index contributed by atoms with van der Waals surface area (Å²) in [4.78, 5) is 17.9. The number of carbonyl (C=O) groups excluding carboxylic acids is 1. The molecule has 0 spiro atoms. The van der Waals surface area contributed by atoms with Crippen LogP contribution in [-0.2, 0) is 16.6 Å². The number of carbonyl (C=O) groups is 1. The Morgan fingerprint density at radius 3 is 2.42 bits per heavy atom. The molecule has 0 aliphatic carbocycles. The zero-order valence-corrected chi connectivity index (χ0v) is 19.9. The van der Waals surface area contributed by atoms with Crippen molar-refractivity contribution in [1.29, 1.82) is 0 Å². The first-order valence-corrected chi connectivity index (χ1v) is 12.9. The zero-order chi connectivity index (χ0) is 22.2. The van der Waals surface area contributed by atoms with Crippen LogP contribution in [0.1, 0.15) is 42.1 Å². The van der Waals surface area contributed by atoms with E-state index in [1.807, 2.05) is 30.5 Å². The van der Waals surface area contributed by atoms with Crippen LogP contribution in [-0.4, -0.2) is 36.3 Å². The van der Waals surface area contributed by atoms with Crippen LogP contribution in [0.5, 0.6) is 0 Å². The van der Waals surface area contributed by atoms with Crippen LogP contribution < -0.4 is 4.80 Å². The predicted molar refractivity (Wildman–Crippen MR) is 124 cm³/mol. The fourth-order valence-corrected chi connectivity index (χ4v) is 6.83. The molecule has 2 aromatic carbocycles. The van der Waals surface area contributed by atoms with Crippen molar-refractivity contribution in [3.05, 3.63) is 57.3 Å². The van der Waals surface area contributed by atoms with Crippen molar-refractivity contribution in [2.24, 2.45) is 4.99 Å². The van der Waals surface area contributed by atoms with Gasteiger partial charge in [-0.15, -0.1) is 0 Å². The third-order valence-corrected chi connectivity index (χ3v) is 9.00. The van der Waals surface area contributed by atoms with Crippen molar-refractivity contribution in [3.63, 3.8) is 0 Å². The maximum absolute atomic E-state index is 12.8. The van der Waals surface area contributed by atoms with Gasteiger partial charge in [0.1, 0.15) is 0 Å². The Hall–Kier alpha value is -2.00. The van der Waals surface area contributed by atoms with Crippen molar-refractivity contribution < 1.29 is 13.2 Å². The van der Waals surface area contributed by atoms with Gasteiger partial charge >= 0.3 is 0 Å². The van der Waals surface area contributed by atoms with Gasteiger partial charge in [0.25, 0.3) is 5.91 Å². The van der Waals surface area contributed by atoms with Crippen molar-refractivity contribution >= 4 is 49.1 Å². The van der Waals surface area contributed by atoms with Gasteiger partial charge < -0.3 is 4.57 Å². The summed E-state index contributed by atoms with van der Waals surface area (Å²) < 4.78 is 30.0. The lowest BCUT2D eigenvalue weighted by Crippen LogP contribution is -2.35. The van der Waals surface area contributed by atoms with E-state index in [4.69, 9.17) is 11.6 Å². The second-order valence-corrected chi connectivity index (χ2v) is 10.9. The Morgan fingerprint density at radius 2 is 1.77 bits per heavy atom. The average molecular weight is 478 g/mol. The highest BCUT2D eigenvalue weighted by molar-refractivity contribution is 7.89. The van der Waals surface area contributed by atoms with Crippen LogP contribution >= 0.6 is 22.9 Å². The highest BCUT2D eigenvalue weighted by Crippen LogP contribution is 2.29. The van der Waals surface area contributed by atoms with E-state index in [1.165, 1.54) is 39.9 Å². The Morgan fingerprint density at radius 1 is 1.10 bits per heavy atom. The molecule has 0 radical (unpaired) electrons. The van der Waals surface area contributed by atoms with E-state index >= 15 is 0 Å². The number of halogens is 1. The standard InChI is InChI=1S/C22H24ClN3O3S2/c1-3-26-19-15(2)7-12-18(23)20(19)30-22(26)24-21(27)16-8-10-17(11-9-16)31(28,29)25-13-5-4-6-14-25/h7-12H,3-6,13-14H2,1-2H3. The molecule has 6 nitrogen and oxygen atoms in total. The van der Waals surface area contributed by atoms with E-state index in [1.54, 1.807) is 0 Å². The van der Waals surface area contributed by atoms with Crippen LogP contribution in [0.4, 0.5) is 0 Å². The first-order chi connectivity index (χ1) is 14.8. The number of fused-ring (bicyclic) bond motifs is 1. The van der Waals surface area contributed by atoms with E-state index in [2.05, 4.69) is 4.99 Å². The summed E-state index contributed by atoms with van der Waals surface area (Å²) in [7, 11) is -3.53. The van der Waals surface area contributed by atoms with Crippen molar-refractivity contribution in [1.82, 2.24) is 8.87 Å². The summed E-state index contributed by atoms with van der Waals surface area (Å²) >= 11 is 7.74. The van der Waals surface area contributed by atoms with Crippen LogP contribution in [0.25, 0.3) is 10.2 Å². The zero-order valence-electron chi connectivity index (χ0n) is 17.5. The van der Waals surface area contributed by atoms with Gasteiger partial charge in [-0.05, 0) is 62.6 Å². The SMILES string of the molecule is CCn1c(=NC(=O)c2ccc(S(=O)(=O)N3CCCCC3)cc2)sc2c(Cl)ccc(C)c21. The summed E-state index contributed by atoms with van der Waals surface area (Å²) in [5.74, 6) is -0.413. The van der Waals surface area contributed by atoms with Gasteiger partial charge in [-0.3, -0.25) is 4.79 Å². The minimum atomic E-state index is -3.53. The Balaban J connectivity index is 1.67. The average Bonchev–Trinajstić information content (AvgIpc) is 3.16. The van der Waals surface area contributed by atoms with Gasteiger partial charge in [-0.2, -0.15) is 9.30 Å². The van der Waals surface area contributed by atoms with Gasteiger partial charge in [0.15, 0.2) is 4.80 Å². The van der Waals surface area contributed by atoms with Gasteiger partial charge in [0.05, 0.1) is 20.1 Å². The third-order valence-electron chi connectivity index (χ3n) is 5.55. The van der Waals surface area contributed by atoms with Crippen molar-refractivity contribution in [2.45, 2.75) is 44.6 Å². The van der Waals surface area contributed by atoms with Gasteiger partial charge in [0.2, 0.25) is 10.0 Å². The molecular weight excluding hydrogens is 454 g/mol. The summed E-state index contributed by atoms with van der Waals surface area (Å²) in [6, 6.07) is 9.85. The molecule has 1 fully saturated rings. The molecule has 4 rings (SSSR count). The highest BCUT2D eigenvalue weighted by Gasteiger charge is 2.26. The molecule has 31 heavy (non-hydrogen) atoms. The minimum Gasteiger partial charge on any atom is -0.316 e. The molecular formula is C22H24ClN3O3S2. The minimum absolute atomic E-state index is 0.207. The number of piperidine rings is 1. The normalized spacial score (nSPS) is 16.2. The third kappa shape index (κ3) is 4.22. The number of sulfonamides is 1. The Bertz CT molecular complexity index is 1300. The lowest BCUT2D eigenvalue weighted by atomic mass is 10.2. The molecule has 2 heterocycles. The highest BCUT2D eigenvalue weighted by atomic mass is 35.5. The lowest BCUT2D eigenvalue weighted by molar-refractivity contribution is 0.0997. The number of benzene rings is 2. The molecule has 3 aromatic rings. The van der Waals surface area contributed by atoms with E-state index in [-0.39, 0.29) is 4.90 Å². The first-order valence-electron chi connectivity index (χ1n) is 10.3. The second-order valence-electron chi connectivity index (χ2n) is 7.58. The first kappa shape index (κ1) is 22.2. The molecule has 0 unspecified atom stereocenters. The summed E-state index contributed by atoms with van der Waals surface area (Å²) in [6.45, 7) is 5.74. The molecule has 0 bridgehead atoms. The number of amides is 1. The van der Waals surface area contributed by atoms with E-state index in [0.29, 0.717) is 35.0 Å².